The highest BCUT2D eigenvalue weighted by Gasteiger charge is 2.19. The number of carbonyl (C=O) groups excluding carboxylic acids is 1. The summed E-state index contributed by atoms with van der Waals surface area (Å²) >= 11 is 0. The quantitative estimate of drug-likeness (QED) is 0.894. The van der Waals surface area contributed by atoms with E-state index < -0.39 is 5.82 Å². The number of halogens is 1. The second kappa shape index (κ2) is 6.68. The van der Waals surface area contributed by atoms with Crippen LogP contribution >= 0.6 is 0 Å². The van der Waals surface area contributed by atoms with Crippen molar-refractivity contribution in [3.05, 3.63) is 29.1 Å². The minimum Gasteiger partial charge on any atom is -0.327 e. The van der Waals surface area contributed by atoms with Gasteiger partial charge >= 0.3 is 0 Å². The van der Waals surface area contributed by atoms with Crippen molar-refractivity contribution in [3.8, 4) is 6.07 Å². The van der Waals surface area contributed by atoms with Gasteiger partial charge in [-0.15, -0.1) is 0 Å². The maximum absolute atomic E-state index is 13.6. The highest BCUT2D eigenvalue weighted by molar-refractivity contribution is 5.92. The topological polar surface area (TPSA) is 78.9 Å². The van der Waals surface area contributed by atoms with Crippen molar-refractivity contribution >= 4 is 11.6 Å². The predicted octanol–water partition coefficient (Wildman–Crippen LogP) is 3.10. The first-order chi connectivity index (χ1) is 9.62. The van der Waals surface area contributed by atoms with E-state index in [9.17, 15) is 9.18 Å². The highest BCUT2D eigenvalue weighted by Crippen LogP contribution is 2.23. The number of nitrogens with one attached hydrogen (secondary N) is 1. The molecule has 0 heterocycles. The minimum absolute atomic E-state index is 0.0441. The Labute approximate surface area is 125 Å². The van der Waals surface area contributed by atoms with Gasteiger partial charge in [0.15, 0.2) is 0 Å². The molecular formula is C16H22FN3O. The van der Waals surface area contributed by atoms with Crippen LogP contribution in [0.1, 0.15) is 44.7 Å². The maximum Gasteiger partial charge on any atom is 0.225 e. The molecule has 0 saturated carbocycles. The second-order valence-corrected chi connectivity index (χ2v) is 6.52. The van der Waals surface area contributed by atoms with E-state index >= 15 is 0 Å². The summed E-state index contributed by atoms with van der Waals surface area (Å²) in [6.45, 7) is 7.73. The Morgan fingerprint density at radius 1 is 1.48 bits per heavy atom. The van der Waals surface area contributed by atoms with E-state index in [0.717, 1.165) is 6.07 Å². The van der Waals surface area contributed by atoms with Gasteiger partial charge in [-0.1, -0.05) is 20.8 Å². The largest absolute Gasteiger partial charge is 0.327 e. The summed E-state index contributed by atoms with van der Waals surface area (Å²) in [5, 5.41) is 11.5. The summed E-state index contributed by atoms with van der Waals surface area (Å²) in [5.41, 5.74) is 6.80. The van der Waals surface area contributed by atoms with Crippen molar-refractivity contribution in [2.75, 3.05) is 5.32 Å². The number of anilines is 1. The number of hydrogen-bond donors (Lipinski definition) is 2. The molecule has 1 amide bonds. The van der Waals surface area contributed by atoms with E-state index in [1.165, 1.54) is 6.07 Å². The molecule has 1 unspecified atom stereocenters. The molecule has 21 heavy (non-hydrogen) atoms. The van der Waals surface area contributed by atoms with Crippen LogP contribution in [0.5, 0.6) is 0 Å². The van der Waals surface area contributed by atoms with Gasteiger partial charge in [-0.2, -0.15) is 5.26 Å². The molecule has 0 radical (unpaired) electrons. The summed E-state index contributed by atoms with van der Waals surface area (Å²) < 4.78 is 13.6. The first kappa shape index (κ1) is 17.1. The van der Waals surface area contributed by atoms with Crippen LogP contribution < -0.4 is 11.1 Å². The highest BCUT2D eigenvalue weighted by atomic mass is 19.1. The molecule has 0 bridgehead atoms. The first-order valence-electron chi connectivity index (χ1n) is 6.88. The number of nitrogens with two attached hydrogens (primary N) is 1. The van der Waals surface area contributed by atoms with Crippen LogP contribution in [0.4, 0.5) is 10.1 Å². The van der Waals surface area contributed by atoms with E-state index in [2.05, 4.69) is 26.1 Å². The Morgan fingerprint density at radius 2 is 2.10 bits per heavy atom. The Kier molecular flexibility index (Phi) is 5.45. The van der Waals surface area contributed by atoms with Gasteiger partial charge in [0.2, 0.25) is 5.91 Å². The van der Waals surface area contributed by atoms with Gasteiger partial charge in [0.05, 0.1) is 11.6 Å². The lowest BCUT2D eigenvalue weighted by Crippen LogP contribution is -2.31. The van der Waals surface area contributed by atoms with Crippen molar-refractivity contribution in [3.63, 3.8) is 0 Å². The smallest absolute Gasteiger partial charge is 0.225 e. The standard InChI is InChI=1S/C16H22FN3O/c1-10-13(17)5-11(9-18)6-14(10)20-15(21)7-12(19)8-16(2,3)4/h5-6,12H,7-8,19H2,1-4H3,(H,20,21). The van der Waals surface area contributed by atoms with Crippen molar-refractivity contribution in [2.45, 2.75) is 46.6 Å². The minimum atomic E-state index is -0.511. The molecule has 0 aromatic heterocycles. The van der Waals surface area contributed by atoms with Crippen LogP contribution in [0.2, 0.25) is 0 Å². The Hall–Kier alpha value is -1.93. The Bertz CT molecular complexity index is 570. The van der Waals surface area contributed by atoms with Gasteiger partial charge in [-0.05, 0) is 30.9 Å². The summed E-state index contributed by atoms with van der Waals surface area (Å²) in [6.07, 6.45) is 0.876. The predicted molar refractivity (Wildman–Crippen MR) is 81.1 cm³/mol. The second-order valence-electron chi connectivity index (χ2n) is 6.52. The van der Waals surface area contributed by atoms with Crippen molar-refractivity contribution in [1.82, 2.24) is 0 Å². The van der Waals surface area contributed by atoms with Gasteiger partial charge in [0.1, 0.15) is 5.82 Å². The molecule has 3 N–H and O–H groups in total. The summed E-state index contributed by atoms with van der Waals surface area (Å²) in [6, 6.07) is 4.22. The molecule has 0 saturated heterocycles. The molecule has 0 spiro atoms. The number of hydrogen-bond acceptors (Lipinski definition) is 3. The van der Waals surface area contributed by atoms with E-state index in [1.54, 1.807) is 6.92 Å². The third kappa shape index (κ3) is 5.52. The molecule has 0 aliphatic heterocycles. The van der Waals surface area contributed by atoms with Crippen LogP contribution in [-0.2, 0) is 4.79 Å². The van der Waals surface area contributed by atoms with Gasteiger partial charge in [0.25, 0.3) is 0 Å². The summed E-state index contributed by atoms with van der Waals surface area (Å²) in [4.78, 5) is 12.0. The molecule has 1 aromatic carbocycles. The van der Waals surface area contributed by atoms with Crippen LogP contribution in [0, 0.1) is 29.5 Å². The zero-order valence-corrected chi connectivity index (χ0v) is 13.0. The molecule has 1 rings (SSSR count). The van der Waals surface area contributed by atoms with E-state index in [0.29, 0.717) is 17.7 Å². The molecule has 1 aromatic rings. The van der Waals surface area contributed by atoms with Crippen molar-refractivity contribution in [2.24, 2.45) is 11.1 Å². The number of rotatable bonds is 4. The van der Waals surface area contributed by atoms with Gasteiger partial charge < -0.3 is 11.1 Å². The first-order valence-corrected chi connectivity index (χ1v) is 6.88. The van der Waals surface area contributed by atoms with Crippen molar-refractivity contribution in [1.29, 1.82) is 5.26 Å². The fourth-order valence-corrected chi connectivity index (χ4v) is 2.17. The van der Waals surface area contributed by atoms with Crippen LogP contribution in [0.25, 0.3) is 0 Å². The van der Waals surface area contributed by atoms with Crippen LogP contribution in [-0.4, -0.2) is 11.9 Å². The SMILES string of the molecule is Cc1c(F)cc(C#N)cc1NC(=O)CC(N)CC(C)(C)C. The number of carbonyl (C=O) groups is 1. The lowest BCUT2D eigenvalue weighted by Gasteiger charge is -2.22. The third-order valence-corrected chi connectivity index (χ3v) is 3.07. The maximum atomic E-state index is 13.6. The lowest BCUT2D eigenvalue weighted by atomic mass is 9.87. The Balaban J connectivity index is 2.76. The number of amides is 1. The molecule has 0 aliphatic carbocycles. The number of benzene rings is 1. The zero-order chi connectivity index (χ0) is 16.2. The third-order valence-electron chi connectivity index (χ3n) is 3.07. The average molecular weight is 291 g/mol. The van der Waals surface area contributed by atoms with E-state index in [1.807, 2.05) is 6.07 Å². The normalized spacial score (nSPS) is 12.6. The lowest BCUT2D eigenvalue weighted by molar-refractivity contribution is -0.116. The van der Waals surface area contributed by atoms with E-state index in [4.69, 9.17) is 11.0 Å². The number of nitrogens with zero attached hydrogens (tertiary/aromatic N) is 1. The van der Waals surface area contributed by atoms with Gasteiger partial charge in [0, 0.05) is 23.7 Å². The zero-order valence-electron chi connectivity index (χ0n) is 13.0. The monoisotopic (exact) mass is 291 g/mol. The molecule has 0 fully saturated rings. The number of nitriles is 1. The van der Waals surface area contributed by atoms with E-state index in [-0.39, 0.29) is 29.3 Å². The molecule has 114 valence electrons. The fourth-order valence-electron chi connectivity index (χ4n) is 2.17. The molecule has 1 atom stereocenters. The molecule has 5 heteroatoms. The van der Waals surface area contributed by atoms with Crippen LogP contribution in [0.15, 0.2) is 12.1 Å². The average Bonchev–Trinajstić information content (AvgIpc) is 2.31. The van der Waals surface area contributed by atoms with Gasteiger partial charge in [-0.25, -0.2) is 4.39 Å². The van der Waals surface area contributed by atoms with Crippen molar-refractivity contribution < 1.29 is 9.18 Å². The summed E-state index contributed by atoms with van der Waals surface area (Å²) in [7, 11) is 0. The molecule has 0 aliphatic rings. The Morgan fingerprint density at radius 3 is 2.62 bits per heavy atom. The molecular weight excluding hydrogens is 269 g/mol. The van der Waals surface area contributed by atoms with Crippen LogP contribution in [0.3, 0.4) is 0 Å². The summed E-state index contributed by atoms with van der Waals surface area (Å²) in [5.74, 6) is -0.785. The van der Waals surface area contributed by atoms with Gasteiger partial charge in [-0.3, -0.25) is 4.79 Å². The fraction of sp³-hybridized carbons (Fsp3) is 0.500. The molecule has 4 nitrogen and oxygen atoms in total.